The first-order valence-electron chi connectivity index (χ1n) is 9.14. The maximum Gasteiger partial charge on any atom is 0.331 e. The molecule has 0 saturated carbocycles. The summed E-state index contributed by atoms with van der Waals surface area (Å²) in [6.07, 6.45) is 6.21. The summed E-state index contributed by atoms with van der Waals surface area (Å²) in [5, 5.41) is 2.77. The van der Waals surface area contributed by atoms with Gasteiger partial charge in [0.25, 0.3) is 5.91 Å². The molecule has 3 rings (SSSR count). The van der Waals surface area contributed by atoms with Crippen molar-refractivity contribution in [2.24, 2.45) is 0 Å². The topological polar surface area (TPSA) is 64.6 Å². The maximum atomic E-state index is 12.0. The van der Waals surface area contributed by atoms with Crippen molar-refractivity contribution < 1.29 is 19.1 Å². The van der Waals surface area contributed by atoms with Crippen LogP contribution in [0.2, 0.25) is 0 Å². The fourth-order valence-corrected chi connectivity index (χ4v) is 3.09. The van der Waals surface area contributed by atoms with Crippen molar-refractivity contribution in [1.29, 1.82) is 0 Å². The van der Waals surface area contributed by atoms with Crippen molar-refractivity contribution in [3.8, 4) is 5.75 Å². The summed E-state index contributed by atoms with van der Waals surface area (Å²) in [5.41, 5.74) is 4.13. The lowest BCUT2D eigenvalue weighted by molar-refractivity contribution is -0.142. The van der Waals surface area contributed by atoms with Crippen LogP contribution in [0.25, 0.3) is 6.08 Å². The molecule has 1 aliphatic carbocycles. The van der Waals surface area contributed by atoms with E-state index in [1.807, 2.05) is 49.4 Å². The number of rotatable bonds is 7. The van der Waals surface area contributed by atoms with E-state index >= 15 is 0 Å². The average molecular weight is 365 g/mol. The molecule has 1 amide bonds. The van der Waals surface area contributed by atoms with Crippen LogP contribution in [0.3, 0.4) is 0 Å². The van der Waals surface area contributed by atoms with Gasteiger partial charge in [-0.2, -0.15) is 0 Å². The van der Waals surface area contributed by atoms with Crippen LogP contribution in [-0.2, 0) is 27.2 Å². The first kappa shape index (κ1) is 18.7. The minimum Gasteiger partial charge on any atom is -0.493 e. The summed E-state index contributed by atoms with van der Waals surface area (Å²) >= 11 is 0. The molecular formula is C22H23NO4. The van der Waals surface area contributed by atoms with Gasteiger partial charge in [-0.15, -0.1) is 0 Å². The zero-order chi connectivity index (χ0) is 19.1. The number of hydrogen-bond acceptors (Lipinski definition) is 4. The third-order valence-electron chi connectivity index (χ3n) is 4.35. The smallest absolute Gasteiger partial charge is 0.331 e. The highest BCUT2D eigenvalue weighted by atomic mass is 16.5. The van der Waals surface area contributed by atoms with E-state index in [1.165, 1.54) is 17.2 Å². The monoisotopic (exact) mass is 365 g/mol. The lowest BCUT2D eigenvalue weighted by Crippen LogP contribution is -2.20. The normalized spacial score (nSPS) is 12.6. The molecule has 2 aromatic carbocycles. The number of hydrogen-bond donors (Lipinski definition) is 1. The number of amides is 1. The number of benzene rings is 2. The number of esters is 1. The summed E-state index contributed by atoms with van der Waals surface area (Å²) < 4.78 is 10.5. The fraction of sp³-hybridized carbons (Fsp3) is 0.273. The van der Waals surface area contributed by atoms with Crippen LogP contribution in [0.15, 0.2) is 48.5 Å². The summed E-state index contributed by atoms with van der Waals surface area (Å²) in [5.74, 6) is -0.242. The molecule has 0 saturated heterocycles. The number of ether oxygens (including phenoxy) is 2. The molecule has 0 aromatic heterocycles. The third kappa shape index (κ3) is 5.20. The number of carbonyl (C=O) groups excluding carboxylic acids is 2. The van der Waals surface area contributed by atoms with Gasteiger partial charge in [0.15, 0.2) is 6.61 Å². The molecule has 0 heterocycles. The summed E-state index contributed by atoms with van der Waals surface area (Å²) in [4.78, 5) is 23.9. The van der Waals surface area contributed by atoms with Crippen LogP contribution in [0.4, 0.5) is 5.69 Å². The van der Waals surface area contributed by atoms with Crippen LogP contribution >= 0.6 is 0 Å². The highest BCUT2D eigenvalue weighted by molar-refractivity contribution is 5.94. The second-order valence-electron chi connectivity index (χ2n) is 6.30. The quantitative estimate of drug-likeness (QED) is 0.599. The molecule has 0 spiro atoms. The predicted molar refractivity (Wildman–Crippen MR) is 105 cm³/mol. The summed E-state index contributed by atoms with van der Waals surface area (Å²) in [6, 6.07) is 13.3. The molecular weight excluding hydrogens is 342 g/mol. The number of anilines is 1. The number of carbonyl (C=O) groups is 2. The highest BCUT2D eigenvalue weighted by Crippen LogP contribution is 2.24. The number of fused-ring (bicyclic) bond motifs is 1. The van der Waals surface area contributed by atoms with E-state index < -0.39 is 5.97 Å². The minimum absolute atomic E-state index is 0.326. The van der Waals surface area contributed by atoms with E-state index in [1.54, 1.807) is 6.08 Å². The van der Waals surface area contributed by atoms with Crippen LogP contribution in [0.1, 0.15) is 30.0 Å². The number of nitrogens with one attached hydrogen (secondary N) is 1. The summed E-state index contributed by atoms with van der Waals surface area (Å²) in [7, 11) is 0. The van der Waals surface area contributed by atoms with E-state index in [0.717, 1.165) is 30.5 Å². The van der Waals surface area contributed by atoms with Gasteiger partial charge in [-0.1, -0.05) is 24.3 Å². The molecule has 0 atom stereocenters. The zero-order valence-electron chi connectivity index (χ0n) is 15.4. The van der Waals surface area contributed by atoms with Gasteiger partial charge >= 0.3 is 5.97 Å². The lowest BCUT2D eigenvalue weighted by atomic mass is 10.1. The van der Waals surface area contributed by atoms with Crippen LogP contribution in [0, 0.1) is 0 Å². The molecule has 1 aliphatic rings. The first-order valence-corrected chi connectivity index (χ1v) is 9.14. The largest absolute Gasteiger partial charge is 0.493 e. The molecule has 2 aromatic rings. The van der Waals surface area contributed by atoms with Gasteiger partial charge in [-0.3, -0.25) is 4.79 Å². The van der Waals surface area contributed by atoms with Gasteiger partial charge in [0.05, 0.1) is 6.61 Å². The van der Waals surface area contributed by atoms with E-state index in [-0.39, 0.29) is 12.5 Å². The maximum absolute atomic E-state index is 12.0. The van der Waals surface area contributed by atoms with Crippen molar-refractivity contribution in [2.45, 2.75) is 26.2 Å². The Bertz CT molecular complexity index is 857. The van der Waals surface area contributed by atoms with Crippen molar-refractivity contribution >= 4 is 23.6 Å². The van der Waals surface area contributed by atoms with E-state index in [9.17, 15) is 9.59 Å². The Balaban J connectivity index is 1.49. The third-order valence-corrected chi connectivity index (χ3v) is 4.35. The molecule has 0 bridgehead atoms. The number of aryl methyl sites for hydroxylation is 2. The standard InChI is InChI=1S/C22H23NO4/c1-2-26-20-9-4-3-6-17(20)11-13-22(25)27-15-21(24)23-19-12-10-16-7-5-8-18(16)14-19/h3-4,6,9-14H,2,5,7-8,15H2,1H3,(H,23,24)/b13-11+. The highest BCUT2D eigenvalue weighted by Gasteiger charge is 2.12. The molecule has 0 radical (unpaired) electrons. The second-order valence-corrected chi connectivity index (χ2v) is 6.30. The summed E-state index contributed by atoms with van der Waals surface area (Å²) in [6.45, 7) is 2.11. The van der Waals surface area contributed by atoms with Crippen molar-refractivity contribution in [3.63, 3.8) is 0 Å². The molecule has 140 valence electrons. The van der Waals surface area contributed by atoms with Crippen molar-refractivity contribution in [3.05, 3.63) is 65.2 Å². The van der Waals surface area contributed by atoms with Crippen LogP contribution in [0.5, 0.6) is 5.75 Å². The van der Waals surface area contributed by atoms with Gasteiger partial charge < -0.3 is 14.8 Å². The molecule has 5 heteroatoms. The lowest BCUT2D eigenvalue weighted by Gasteiger charge is -2.08. The fourth-order valence-electron chi connectivity index (χ4n) is 3.09. The molecule has 1 N–H and O–H groups in total. The van der Waals surface area contributed by atoms with E-state index in [0.29, 0.717) is 12.4 Å². The van der Waals surface area contributed by atoms with Gasteiger partial charge in [0.1, 0.15) is 5.75 Å². The average Bonchev–Trinajstić information content (AvgIpc) is 3.14. The molecule has 0 fully saturated rings. The van der Waals surface area contributed by atoms with Crippen molar-refractivity contribution in [2.75, 3.05) is 18.5 Å². The molecule has 27 heavy (non-hydrogen) atoms. The molecule has 0 unspecified atom stereocenters. The second kappa shape index (κ2) is 9.03. The SMILES string of the molecule is CCOc1ccccc1/C=C/C(=O)OCC(=O)Nc1ccc2c(c1)CCC2. The first-order chi connectivity index (χ1) is 13.2. The van der Waals surface area contributed by atoms with Crippen LogP contribution < -0.4 is 10.1 Å². The van der Waals surface area contributed by atoms with Gasteiger partial charge in [0, 0.05) is 17.3 Å². The van der Waals surface area contributed by atoms with E-state index in [2.05, 4.69) is 5.32 Å². The van der Waals surface area contributed by atoms with Gasteiger partial charge in [0.2, 0.25) is 0 Å². The van der Waals surface area contributed by atoms with Crippen molar-refractivity contribution in [1.82, 2.24) is 0 Å². The minimum atomic E-state index is -0.578. The van der Waals surface area contributed by atoms with E-state index in [4.69, 9.17) is 9.47 Å². The Hall–Kier alpha value is -3.08. The van der Waals surface area contributed by atoms with Gasteiger partial charge in [-0.25, -0.2) is 4.79 Å². The Labute approximate surface area is 159 Å². The predicted octanol–water partition coefficient (Wildman–Crippen LogP) is 3.77. The van der Waals surface area contributed by atoms with Crippen LogP contribution in [-0.4, -0.2) is 25.1 Å². The Morgan fingerprint density at radius 3 is 2.78 bits per heavy atom. The number of para-hydroxylation sites is 1. The van der Waals surface area contributed by atoms with Gasteiger partial charge in [-0.05, 0) is 61.6 Å². The Morgan fingerprint density at radius 1 is 1.11 bits per heavy atom. The Morgan fingerprint density at radius 2 is 1.93 bits per heavy atom. The molecule has 5 nitrogen and oxygen atoms in total. The Kier molecular flexibility index (Phi) is 6.26. The molecule has 0 aliphatic heterocycles. The zero-order valence-corrected chi connectivity index (χ0v) is 15.4.